The maximum Gasteiger partial charge on any atom is 0.586 e. The minimum absolute atomic E-state index is 0.562. The van der Waals surface area contributed by atoms with E-state index in [-0.39, 0.29) is 0 Å². The summed E-state index contributed by atoms with van der Waals surface area (Å²) in [7, 11) is 6.13. The number of aromatic nitrogens is 1. The lowest BCUT2D eigenvalue weighted by atomic mass is 9.96. The Kier molecular flexibility index (Phi) is 5.38. The summed E-state index contributed by atoms with van der Waals surface area (Å²) in [6, 6.07) is 21.5. The maximum absolute atomic E-state index is 6.13. The van der Waals surface area contributed by atoms with Gasteiger partial charge >= 0.3 is 7.98 Å². The maximum atomic E-state index is 6.13. The SMILES string of the molecule is [B][N+]1=CC=CC1=C(CCN)c1[nH]c(/C=C/c2c3ccccc3cc3ccccc23)cc1C. The van der Waals surface area contributed by atoms with Crippen LogP contribution >= 0.6 is 0 Å². The van der Waals surface area contributed by atoms with Crippen LogP contribution in [0.4, 0.5) is 0 Å². The predicted molar refractivity (Wildman–Crippen MR) is 138 cm³/mol. The zero-order valence-electron chi connectivity index (χ0n) is 18.2. The van der Waals surface area contributed by atoms with Crippen LogP contribution in [0, 0.1) is 6.92 Å². The van der Waals surface area contributed by atoms with Gasteiger partial charge in [0.1, 0.15) is 6.21 Å². The number of nitrogens with zero attached hydrogens (tertiary/aromatic N) is 1. The van der Waals surface area contributed by atoms with E-state index < -0.39 is 0 Å². The summed E-state index contributed by atoms with van der Waals surface area (Å²) in [5.41, 5.74) is 12.6. The topological polar surface area (TPSA) is 44.8 Å². The molecule has 3 N–H and O–H groups in total. The molecule has 0 fully saturated rings. The molecule has 1 aliphatic rings. The fourth-order valence-corrected chi connectivity index (χ4v) is 4.56. The first-order valence-electron chi connectivity index (χ1n) is 10.9. The van der Waals surface area contributed by atoms with Crippen LogP contribution in [0.1, 0.15) is 28.9 Å². The van der Waals surface area contributed by atoms with Gasteiger partial charge in [0.25, 0.3) is 0 Å². The number of benzene rings is 3. The number of aromatic amines is 1. The third-order valence-corrected chi connectivity index (χ3v) is 6.06. The Morgan fingerprint density at radius 3 is 2.31 bits per heavy atom. The zero-order chi connectivity index (χ0) is 22.1. The van der Waals surface area contributed by atoms with Gasteiger partial charge in [-0.1, -0.05) is 54.6 Å². The standard InChI is InChI=1S/C28H25BN3/c1-19-17-22(31-28(19)26(14-15-30)27-11-6-16-32(27)29)12-13-25-23-9-4-2-7-20(23)18-21-8-3-5-10-24(21)25/h2-13,16-18,31H,14-15,30H2,1H3/q+1/b13-12+. The van der Waals surface area contributed by atoms with Gasteiger partial charge in [0, 0.05) is 23.4 Å². The quantitative estimate of drug-likeness (QED) is 0.324. The molecule has 154 valence electrons. The van der Waals surface area contributed by atoms with Crippen molar-refractivity contribution < 1.29 is 4.49 Å². The number of nitrogens with two attached hydrogens (primary N) is 1. The van der Waals surface area contributed by atoms with Crippen LogP contribution in [-0.4, -0.2) is 30.2 Å². The lowest BCUT2D eigenvalue weighted by Gasteiger charge is -2.08. The Morgan fingerprint density at radius 2 is 1.69 bits per heavy atom. The highest BCUT2D eigenvalue weighted by atomic mass is 14.9. The largest absolute Gasteiger partial charge is 0.586 e. The summed E-state index contributed by atoms with van der Waals surface area (Å²) < 4.78 is 1.66. The second-order valence-electron chi connectivity index (χ2n) is 8.17. The molecule has 32 heavy (non-hydrogen) atoms. The molecule has 0 saturated carbocycles. The van der Waals surface area contributed by atoms with E-state index in [9.17, 15) is 0 Å². The summed E-state index contributed by atoms with van der Waals surface area (Å²) in [5.74, 6) is 0. The molecule has 2 heterocycles. The molecule has 0 bridgehead atoms. The Labute approximate surface area is 189 Å². The third kappa shape index (κ3) is 3.63. The Balaban J connectivity index is 1.60. The van der Waals surface area contributed by atoms with Crippen molar-refractivity contribution in [1.82, 2.24) is 4.98 Å². The lowest BCUT2D eigenvalue weighted by molar-refractivity contribution is -0.294. The minimum atomic E-state index is 0.562. The summed E-state index contributed by atoms with van der Waals surface area (Å²) in [6.07, 6.45) is 11.0. The van der Waals surface area contributed by atoms with Gasteiger partial charge in [-0.2, -0.15) is 0 Å². The molecule has 4 aromatic rings. The molecule has 2 radical (unpaired) electrons. The number of H-pyrrole nitrogens is 1. The van der Waals surface area contributed by atoms with E-state index in [1.54, 1.807) is 4.49 Å². The van der Waals surface area contributed by atoms with E-state index in [1.165, 1.54) is 32.7 Å². The van der Waals surface area contributed by atoms with Crippen molar-refractivity contribution in [3.05, 3.63) is 101 Å². The van der Waals surface area contributed by atoms with Crippen LogP contribution in [0.5, 0.6) is 0 Å². The molecule has 4 heteroatoms. The summed E-state index contributed by atoms with van der Waals surface area (Å²) >= 11 is 0. The van der Waals surface area contributed by atoms with Crippen LogP contribution in [0.25, 0.3) is 39.3 Å². The predicted octanol–water partition coefficient (Wildman–Crippen LogP) is 5.60. The van der Waals surface area contributed by atoms with Crippen molar-refractivity contribution in [3.8, 4) is 0 Å². The molecule has 3 nitrogen and oxygen atoms in total. The number of allylic oxidation sites excluding steroid dienone is 2. The molecule has 0 saturated heterocycles. The first-order chi connectivity index (χ1) is 15.7. The first kappa shape index (κ1) is 20.3. The lowest BCUT2D eigenvalue weighted by Crippen LogP contribution is -2.09. The van der Waals surface area contributed by atoms with Gasteiger partial charge in [0.05, 0.1) is 5.69 Å². The molecule has 5 rings (SSSR count). The number of aryl methyl sites for hydroxylation is 1. The van der Waals surface area contributed by atoms with Gasteiger partial charge in [0.15, 0.2) is 5.70 Å². The van der Waals surface area contributed by atoms with Crippen molar-refractivity contribution in [2.24, 2.45) is 5.73 Å². The highest BCUT2D eigenvalue weighted by Gasteiger charge is 2.20. The Morgan fingerprint density at radius 1 is 1.00 bits per heavy atom. The van der Waals surface area contributed by atoms with Crippen LogP contribution in [0.3, 0.4) is 0 Å². The van der Waals surface area contributed by atoms with E-state index in [1.807, 2.05) is 18.4 Å². The molecule has 0 unspecified atom stereocenters. The average Bonchev–Trinajstić information content (AvgIpc) is 3.40. The van der Waals surface area contributed by atoms with Crippen molar-refractivity contribution in [2.45, 2.75) is 13.3 Å². The zero-order valence-corrected chi connectivity index (χ0v) is 18.2. The monoisotopic (exact) mass is 414 g/mol. The molecule has 0 spiro atoms. The number of rotatable bonds is 5. The Hall–Kier alpha value is -3.63. The van der Waals surface area contributed by atoms with Crippen LogP contribution in [0.15, 0.2) is 78.5 Å². The van der Waals surface area contributed by atoms with Crippen LogP contribution < -0.4 is 5.73 Å². The van der Waals surface area contributed by atoms with Gasteiger partial charge in [-0.25, -0.2) is 0 Å². The van der Waals surface area contributed by atoms with Gasteiger partial charge in [-0.3, -0.25) is 4.49 Å². The normalized spacial score (nSPS) is 15.2. The summed E-state index contributed by atoms with van der Waals surface area (Å²) in [6.45, 7) is 2.68. The second kappa shape index (κ2) is 8.48. The second-order valence-corrected chi connectivity index (χ2v) is 8.17. The van der Waals surface area contributed by atoms with Crippen LogP contribution in [-0.2, 0) is 0 Å². The number of fused-ring (bicyclic) bond motifs is 2. The molecule has 0 amide bonds. The van der Waals surface area contributed by atoms with E-state index in [0.717, 1.165) is 29.1 Å². The third-order valence-electron chi connectivity index (χ3n) is 6.06. The van der Waals surface area contributed by atoms with Crippen molar-refractivity contribution in [2.75, 3.05) is 6.54 Å². The summed E-state index contributed by atoms with van der Waals surface area (Å²) in [4.78, 5) is 3.60. The highest BCUT2D eigenvalue weighted by Crippen LogP contribution is 2.31. The fourth-order valence-electron chi connectivity index (χ4n) is 4.56. The van der Waals surface area contributed by atoms with Crippen molar-refractivity contribution in [3.63, 3.8) is 0 Å². The number of hydrogen-bond acceptors (Lipinski definition) is 1. The van der Waals surface area contributed by atoms with Gasteiger partial charge in [0.2, 0.25) is 0 Å². The Bertz CT molecular complexity index is 1400. The van der Waals surface area contributed by atoms with E-state index in [0.29, 0.717) is 6.54 Å². The van der Waals surface area contributed by atoms with Crippen molar-refractivity contribution in [1.29, 1.82) is 0 Å². The smallest absolute Gasteiger partial charge is 0.355 e. The number of nitrogens with one attached hydrogen (secondary N) is 1. The number of hydrogen-bond donors (Lipinski definition) is 2. The molecule has 0 atom stereocenters. The van der Waals surface area contributed by atoms with Crippen LogP contribution in [0.2, 0.25) is 0 Å². The van der Waals surface area contributed by atoms with Gasteiger partial charge < -0.3 is 10.7 Å². The minimum Gasteiger partial charge on any atom is -0.355 e. The molecule has 0 aliphatic carbocycles. The molecule has 1 aliphatic heterocycles. The molecule has 1 aromatic heterocycles. The molecular weight excluding hydrogens is 389 g/mol. The van der Waals surface area contributed by atoms with E-state index in [4.69, 9.17) is 13.7 Å². The highest BCUT2D eigenvalue weighted by molar-refractivity contribution is 6.08. The molecule has 3 aromatic carbocycles. The van der Waals surface area contributed by atoms with Crippen molar-refractivity contribution >= 4 is 53.5 Å². The molecular formula is C28H25BN3+. The van der Waals surface area contributed by atoms with E-state index in [2.05, 4.69) is 84.7 Å². The fraction of sp³-hybridized carbons (Fsp3) is 0.107. The summed E-state index contributed by atoms with van der Waals surface area (Å²) in [5, 5.41) is 5.00. The van der Waals surface area contributed by atoms with Gasteiger partial charge in [-0.15, -0.1) is 0 Å². The average molecular weight is 414 g/mol. The van der Waals surface area contributed by atoms with E-state index >= 15 is 0 Å². The first-order valence-corrected chi connectivity index (χ1v) is 10.9. The van der Waals surface area contributed by atoms with Gasteiger partial charge in [-0.05, 0) is 70.8 Å².